The lowest BCUT2D eigenvalue weighted by Gasteiger charge is -2.30. The van der Waals surface area contributed by atoms with Crippen LogP contribution in [-0.2, 0) is 0 Å². The monoisotopic (exact) mass is 896 g/mol. The summed E-state index contributed by atoms with van der Waals surface area (Å²) in [4.78, 5) is 4.65. The Bertz CT molecular complexity index is 3560. The number of hydrogen-bond acceptors (Lipinski definition) is 3. The number of ether oxygens (including phenoxy) is 1. The van der Waals surface area contributed by atoms with Crippen molar-refractivity contribution < 1.29 is 4.74 Å². The molecule has 10 aromatic carbocycles. The summed E-state index contributed by atoms with van der Waals surface area (Å²) < 4.78 is 7.15. The maximum absolute atomic E-state index is 7.15. The molecule has 0 saturated carbocycles. The van der Waals surface area contributed by atoms with Gasteiger partial charge in [0.15, 0.2) is 0 Å². The van der Waals surface area contributed by atoms with Crippen LogP contribution in [0.2, 0.25) is 0 Å². The molecule has 3 heteroatoms. The number of anilines is 6. The smallest absolute Gasteiger partial charge is 0.138 e. The van der Waals surface area contributed by atoms with Crippen LogP contribution in [-0.4, -0.2) is 0 Å². The van der Waals surface area contributed by atoms with Crippen LogP contribution in [0.25, 0.3) is 60.9 Å². The second kappa shape index (κ2) is 18.1. The lowest BCUT2D eigenvalue weighted by Crippen LogP contribution is -2.11. The summed E-state index contributed by atoms with van der Waals surface area (Å²) in [5, 5.41) is 2.21. The largest absolute Gasteiger partial charge is 0.456 e. The van der Waals surface area contributed by atoms with E-state index in [1.54, 1.807) is 0 Å². The van der Waals surface area contributed by atoms with Crippen molar-refractivity contribution in [2.24, 2.45) is 0 Å². The maximum atomic E-state index is 7.15. The van der Waals surface area contributed by atoms with E-state index in [1.165, 1.54) is 33.4 Å². The Hall–Kier alpha value is -9.18. The van der Waals surface area contributed by atoms with Gasteiger partial charge in [0.1, 0.15) is 11.5 Å². The van der Waals surface area contributed by atoms with E-state index in [2.05, 4.69) is 284 Å². The first-order valence-corrected chi connectivity index (χ1v) is 23.8. The van der Waals surface area contributed by atoms with E-state index in [9.17, 15) is 0 Å². The van der Waals surface area contributed by atoms with Gasteiger partial charge < -0.3 is 14.5 Å². The van der Waals surface area contributed by atoms with Gasteiger partial charge in [-0.3, -0.25) is 0 Å². The van der Waals surface area contributed by atoms with Crippen LogP contribution >= 0.6 is 0 Å². The molecule has 3 nitrogen and oxygen atoms in total. The number of rotatable bonds is 10. The first-order chi connectivity index (χ1) is 34.5. The van der Waals surface area contributed by atoms with Crippen molar-refractivity contribution in [3.8, 4) is 56.0 Å². The lowest BCUT2D eigenvalue weighted by atomic mass is 9.93. The molecule has 12 rings (SSSR count). The zero-order valence-corrected chi connectivity index (χ0v) is 38.8. The summed E-state index contributed by atoms with van der Waals surface area (Å²) in [6.45, 7) is 6.34. The Morgan fingerprint density at radius 3 is 1.33 bits per heavy atom. The third-order valence-electron chi connectivity index (χ3n) is 13.5. The molecule has 0 N–H and O–H groups in total. The van der Waals surface area contributed by atoms with Gasteiger partial charge in [-0.1, -0.05) is 189 Å². The van der Waals surface area contributed by atoms with Gasteiger partial charge in [-0.25, -0.2) is 0 Å². The van der Waals surface area contributed by atoms with E-state index >= 15 is 0 Å². The Morgan fingerprint density at radius 1 is 0.371 bits per heavy atom. The lowest BCUT2D eigenvalue weighted by molar-refractivity contribution is 0.487. The highest BCUT2D eigenvalue weighted by Gasteiger charge is 2.25. The minimum absolute atomic E-state index is 0.807. The molecule has 0 aromatic heterocycles. The third-order valence-corrected chi connectivity index (χ3v) is 13.5. The molecule has 0 fully saturated rings. The Balaban J connectivity index is 0.950. The van der Waals surface area contributed by atoms with Gasteiger partial charge in [0.05, 0.1) is 5.69 Å². The normalized spacial score (nSPS) is 12.6. The van der Waals surface area contributed by atoms with Crippen LogP contribution in [0.5, 0.6) is 11.5 Å². The molecule has 2 aliphatic rings. The SMILES string of the molecule is C=C1C=CC=C(c2ccc(N(c3ccc(-c4ccccc4)cc3)c3cc4c5c(cccc5c3)-c3ccc(N(c5ccc(-c6ccccc6)cc5)c5ccc(-c6ccccc6)cc5)cc3O4)cc2)C=C1C. The molecular weight excluding hydrogens is 849 g/mol. The van der Waals surface area contributed by atoms with Crippen LogP contribution in [0.15, 0.2) is 279 Å². The van der Waals surface area contributed by atoms with Crippen LogP contribution < -0.4 is 14.5 Å². The predicted octanol–water partition coefficient (Wildman–Crippen LogP) is 19.0. The van der Waals surface area contributed by atoms with Crippen molar-refractivity contribution in [2.45, 2.75) is 6.92 Å². The summed E-state index contributed by atoms with van der Waals surface area (Å²) in [5.74, 6) is 1.62. The fourth-order valence-corrected chi connectivity index (χ4v) is 9.83. The molecule has 0 bridgehead atoms. The van der Waals surface area contributed by atoms with E-state index in [0.717, 1.165) is 89.8 Å². The van der Waals surface area contributed by atoms with Crippen molar-refractivity contribution in [1.29, 1.82) is 0 Å². The maximum Gasteiger partial charge on any atom is 0.138 e. The Labute approximate surface area is 410 Å². The molecule has 70 heavy (non-hydrogen) atoms. The summed E-state index contributed by atoms with van der Waals surface area (Å²) in [6.07, 6.45) is 8.52. The summed E-state index contributed by atoms with van der Waals surface area (Å²) in [6, 6.07) is 84.7. The predicted molar refractivity (Wildman–Crippen MR) is 295 cm³/mol. The highest BCUT2D eigenvalue weighted by atomic mass is 16.5. The van der Waals surface area contributed by atoms with Crippen molar-refractivity contribution in [2.75, 3.05) is 9.80 Å². The molecule has 1 aliphatic heterocycles. The first-order valence-electron chi connectivity index (χ1n) is 23.8. The van der Waals surface area contributed by atoms with Gasteiger partial charge in [0, 0.05) is 51.5 Å². The quantitative estimate of drug-likeness (QED) is 0.136. The molecule has 0 saturated heterocycles. The van der Waals surface area contributed by atoms with Crippen molar-refractivity contribution in [3.05, 3.63) is 284 Å². The number of benzene rings is 10. The van der Waals surface area contributed by atoms with Gasteiger partial charge in [0.25, 0.3) is 0 Å². The zero-order valence-electron chi connectivity index (χ0n) is 38.8. The van der Waals surface area contributed by atoms with Gasteiger partial charge >= 0.3 is 0 Å². The molecule has 0 unspecified atom stereocenters. The highest BCUT2D eigenvalue weighted by molar-refractivity contribution is 6.06. The number of fused-ring (bicyclic) bond motifs is 2. The average molecular weight is 897 g/mol. The van der Waals surface area contributed by atoms with Gasteiger partial charge in [0.2, 0.25) is 0 Å². The van der Waals surface area contributed by atoms with Gasteiger partial charge in [-0.05, 0) is 140 Å². The highest BCUT2D eigenvalue weighted by Crippen LogP contribution is 2.51. The van der Waals surface area contributed by atoms with Crippen molar-refractivity contribution in [1.82, 2.24) is 0 Å². The Morgan fingerprint density at radius 2 is 0.814 bits per heavy atom. The van der Waals surface area contributed by atoms with Gasteiger partial charge in [-0.2, -0.15) is 0 Å². The minimum atomic E-state index is 0.807. The molecular formula is C67H48N2O. The second-order valence-electron chi connectivity index (χ2n) is 17.9. The standard InChI is InChI=1S/C67H48N2O/c1-46-14-12-21-55(42-47(46)2)54-30-38-60(39-31-54)69(59-36-28-53(29-37-59)50-19-10-5-11-20-50)62-43-56-22-13-23-64-63-41-40-61(44-65(63)70-66(45-62)67(56)64)68(57-32-24-51(25-33-57)48-15-6-3-7-16-48)58-34-26-52(27-35-58)49-17-8-4-9-18-49/h3-45H,1H2,2H3. The van der Waals surface area contributed by atoms with Crippen molar-refractivity contribution in [3.63, 3.8) is 0 Å². The zero-order chi connectivity index (χ0) is 47.0. The molecule has 0 atom stereocenters. The van der Waals surface area contributed by atoms with Crippen LogP contribution in [0, 0.1) is 0 Å². The fraction of sp³-hybridized carbons (Fsp3) is 0.0149. The second-order valence-corrected chi connectivity index (χ2v) is 17.9. The van der Waals surface area contributed by atoms with Gasteiger partial charge in [-0.15, -0.1) is 0 Å². The van der Waals surface area contributed by atoms with Crippen LogP contribution in [0.3, 0.4) is 0 Å². The molecule has 10 aromatic rings. The molecule has 0 amide bonds. The van der Waals surface area contributed by atoms with E-state index < -0.39 is 0 Å². The summed E-state index contributed by atoms with van der Waals surface area (Å²) >= 11 is 0. The third kappa shape index (κ3) is 8.10. The number of hydrogen-bond donors (Lipinski definition) is 0. The molecule has 1 aliphatic carbocycles. The number of nitrogens with zero attached hydrogens (tertiary/aromatic N) is 2. The fourth-order valence-electron chi connectivity index (χ4n) is 9.83. The van der Waals surface area contributed by atoms with Crippen molar-refractivity contribution >= 4 is 50.5 Å². The summed E-state index contributed by atoms with van der Waals surface area (Å²) in [7, 11) is 0. The molecule has 1 heterocycles. The molecule has 0 spiro atoms. The van der Waals surface area contributed by atoms with E-state index in [-0.39, 0.29) is 0 Å². The van der Waals surface area contributed by atoms with E-state index in [1.807, 2.05) is 0 Å². The number of allylic oxidation sites excluding steroid dienone is 7. The first kappa shape index (κ1) is 42.2. The van der Waals surface area contributed by atoms with Crippen LogP contribution in [0.4, 0.5) is 34.1 Å². The van der Waals surface area contributed by atoms with Crippen LogP contribution in [0.1, 0.15) is 12.5 Å². The van der Waals surface area contributed by atoms with E-state index in [4.69, 9.17) is 4.74 Å². The summed E-state index contributed by atoms with van der Waals surface area (Å²) in [5.41, 5.74) is 19.9. The topological polar surface area (TPSA) is 15.7 Å². The Kier molecular flexibility index (Phi) is 10.9. The molecule has 332 valence electrons. The average Bonchev–Trinajstić information content (AvgIpc) is 3.59. The van der Waals surface area contributed by atoms with E-state index in [0.29, 0.717) is 0 Å². The molecule has 0 radical (unpaired) electrons. The minimum Gasteiger partial charge on any atom is -0.456 e.